The van der Waals surface area contributed by atoms with Crippen molar-refractivity contribution in [1.82, 2.24) is 4.98 Å². The fourth-order valence-electron chi connectivity index (χ4n) is 0.942. The Bertz CT molecular complexity index is 326. The van der Waals surface area contributed by atoms with Crippen LogP contribution in [0.15, 0.2) is 18.5 Å². The highest BCUT2D eigenvalue weighted by atomic mass is 35.5. The van der Waals surface area contributed by atoms with Crippen LogP contribution in [0, 0.1) is 11.3 Å². The molecule has 3 heteroatoms. The fourth-order valence-corrected chi connectivity index (χ4v) is 1.30. The molecule has 0 aliphatic carbocycles. The summed E-state index contributed by atoms with van der Waals surface area (Å²) in [6.45, 7) is 3.66. The minimum Gasteiger partial charge on any atom is -0.263 e. The summed E-state index contributed by atoms with van der Waals surface area (Å²) in [5, 5.41) is 9.39. The third kappa shape index (κ3) is 1.57. The van der Waals surface area contributed by atoms with Crippen LogP contribution in [0.1, 0.15) is 19.4 Å². The predicted octanol–water partition coefficient (Wildman–Crippen LogP) is 2.54. The van der Waals surface area contributed by atoms with Gasteiger partial charge in [0, 0.05) is 12.4 Å². The van der Waals surface area contributed by atoms with Gasteiger partial charge in [-0.2, -0.15) is 5.26 Å². The number of rotatable bonds is 1. The van der Waals surface area contributed by atoms with Gasteiger partial charge in [-0.05, 0) is 25.5 Å². The maximum atomic E-state index is 8.84. The monoisotopic (exact) mass is 180 g/mol. The molecule has 0 aliphatic heterocycles. The van der Waals surface area contributed by atoms with Gasteiger partial charge >= 0.3 is 0 Å². The molecule has 2 nitrogen and oxygen atoms in total. The SMILES string of the molecule is CC(C)(C#N)c1ccncc1Cl. The summed E-state index contributed by atoms with van der Waals surface area (Å²) < 4.78 is 0. The van der Waals surface area contributed by atoms with Crippen molar-refractivity contribution in [2.75, 3.05) is 0 Å². The second-order valence-corrected chi connectivity index (χ2v) is 3.50. The van der Waals surface area contributed by atoms with Gasteiger partial charge in [-0.25, -0.2) is 0 Å². The first-order valence-corrected chi connectivity index (χ1v) is 3.97. The van der Waals surface area contributed by atoms with Crippen molar-refractivity contribution in [3.63, 3.8) is 0 Å². The molecular weight excluding hydrogens is 172 g/mol. The minimum atomic E-state index is -0.542. The highest BCUT2D eigenvalue weighted by Crippen LogP contribution is 2.27. The molecule has 0 aliphatic rings. The number of hydrogen-bond acceptors (Lipinski definition) is 2. The van der Waals surface area contributed by atoms with Crippen molar-refractivity contribution in [1.29, 1.82) is 5.26 Å². The second kappa shape index (κ2) is 3.12. The van der Waals surface area contributed by atoms with E-state index < -0.39 is 5.41 Å². The van der Waals surface area contributed by atoms with Gasteiger partial charge in [-0.1, -0.05) is 11.6 Å². The molecule has 0 radical (unpaired) electrons. The van der Waals surface area contributed by atoms with E-state index >= 15 is 0 Å². The van der Waals surface area contributed by atoms with E-state index in [9.17, 15) is 0 Å². The summed E-state index contributed by atoms with van der Waals surface area (Å²) in [6.07, 6.45) is 3.19. The molecule has 0 atom stereocenters. The molecule has 0 fully saturated rings. The van der Waals surface area contributed by atoms with Crippen molar-refractivity contribution in [3.05, 3.63) is 29.0 Å². The zero-order chi connectivity index (χ0) is 9.19. The largest absolute Gasteiger partial charge is 0.263 e. The van der Waals surface area contributed by atoms with Crippen LogP contribution in [0.2, 0.25) is 5.02 Å². The molecule has 0 unspecified atom stereocenters. The minimum absolute atomic E-state index is 0.542. The topological polar surface area (TPSA) is 36.7 Å². The first-order chi connectivity index (χ1) is 5.58. The molecule has 62 valence electrons. The van der Waals surface area contributed by atoms with Crippen molar-refractivity contribution in [2.45, 2.75) is 19.3 Å². The van der Waals surface area contributed by atoms with Gasteiger partial charge in [0.1, 0.15) is 0 Å². The first-order valence-electron chi connectivity index (χ1n) is 3.59. The Morgan fingerprint density at radius 3 is 2.75 bits per heavy atom. The lowest BCUT2D eigenvalue weighted by Gasteiger charge is -2.16. The van der Waals surface area contributed by atoms with Crippen LogP contribution in [0.4, 0.5) is 0 Å². The number of nitrogens with zero attached hydrogens (tertiary/aromatic N) is 2. The summed E-state index contributed by atoms with van der Waals surface area (Å²) in [5.74, 6) is 0. The lowest BCUT2D eigenvalue weighted by molar-refractivity contribution is 0.685. The first kappa shape index (κ1) is 9.02. The standard InChI is InChI=1S/C9H9ClN2/c1-9(2,6-11)7-3-4-12-5-8(7)10/h3-5H,1-2H3. The summed E-state index contributed by atoms with van der Waals surface area (Å²) >= 11 is 5.87. The molecular formula is C9H9ClN2. The molecule has 12 heavy (non-hydrogen) atoms. The van der Waals surface area contributed by atoms with Crippen molar-refractivity contribution in [2.24, 2.45) is 0 Å². The van der Waals surface area contributed by atoms with E-state index in [0.717, 1.165) is 5.56 Å². The Morgan fingerprint density at radius 2 is 2.25 bits per heavy atom. The van der Waals surface area contributed by atoms with Gasteiger partial charge in [0.15, 0.2) is 0 Å². The average Bonchev–Trinajstić information content (AvgIpc) is 2.05. The highest BCUT2D eigenvalue weighted by molar-refractivity contribution is 6.31. The maximum Gasteiger partial charge on any atom is 0.0781 e. The maximum absolute atomic E-state index is 8.84. The van der Waals surface area contributed by atoms with Gasteiger partial charge in [0.25, 0.3) is 0 Å². The van der Waals surface area contributed by atoms with Crippen molar-refractivity contribution >= 4 is 11.6 Å². The zero-order valence-corrected chi connectivity index (χ0v) is 7.76. The van der Waals surface area contributed by atoms with Crippen LogP contribution in [-0.4, -0.2) is 4.98 Å². The lowest BCUT2D eigenvalue weighted by Crippen LogP contribution is -2.14. The van der Waals surface area contributed by atoms with Gasteiger partial charge in [0.2, 0.25) is 0 Å². The fraction of sp³-hybridized carbons (Fsp3) is 0.333. The highest BCUT2D eigenvalue weighted by Gasteiger charge is 2.22. The third-order valence-corrected chi connectivity index (χ3v) is 2.03. The van der Waals surface area contributed by atoms with E-state index in [-0.39, 0.29) is 0 Å². The van der Waals surface area contributed by atoms with Crippen LogP contribution in [-0.2, 0) is 5.41 Å². The third-order valence-electron chi connectivity index (χ3n) is 1.73. The van der Waals surface area contributed by atoms with Gasteiger partial charge in [0.05, 0.1) is 16.5 Å². The summed E-state index contributed by atoms with van der Waals surface area (Å²) in [6, 6.07) is 3.96. The molecule has 1 aromatic heterocycles. The normalized spacial score (nSPS) is 10.8. The van der Waals surface area contributed by atoms with E-state index in [2.05, 4.69) is 11.1 Å². The molecule has 0 N–H and O–H groups in total. The Kier molecular flexibility index (Phi) is 2.35. The number of pyridine rings is 1. The molecule has 1 rings (SSSR count). The molecule has 0 aromatic carbocycles. The van der Waals surface area contributed by atoms with Crippen LogP contribution >= 0.6 is 11.6 Å². The Balaban J connectivity index is 3.22. The van der Waals surface area contributed by atoms with E-state index in [1.807, 2.05) is 13.8 Å². The molecule has 0 saturated heterocycles. The Morgan fingerprint density at radius 1 is 1.58 bits per heavy atom. The summed E-state index contributed by atoms with van der Waals surface area (Å²) in [7, 11) is 0. The number of halogens is 1. The molecule has 1 heterocycles. The van der Waals surface area contributed by atoms with Crippen LogP contribution in [0.25, 0.3) is 0 Å². The molecule has 0 amide bonds. The zero-order valence-electron chi connectivity index (χ0n) is 7.00. The van der Waals surface area contributed by atoms with Crippen LogP contribution in [0.3, 0.4) is 0 Å². The van der Waals surface area contributed by atoms with Gasteiger partial charge in [-0.15, -0.1) is 0 Å². The van der Waals surface area contributed by atoms with Gasteiger partial charge < -0.3 is 0 Å². The predicted molar refractivity (Wildman–Crippen MR) is 47.9 cm³/mol. The Labute approximate surface area is 76.8 Å². The van der Waals surface area contributed by atoms with E-state index in [0.29, 0.717) is 5.02 Å². The average molecular weight is 181 g/mol. The number of nitriles is 1. The van der Waals surface area contributed by atoms with Crippen LogP contribution in [0.5, 0.6) is 0 Å². The number of aromatic nitrogens is 1. The number of hydrogen-bond donors (Lipinski definition) is 0. The molecule has 0 bridgehead atoms. The quantitative estimate of drug-likeness (QED) is 0.666. The molecule has 1 aromatic rings. The van der Waals surface area contributed by atoms with E-state index in [1.165, 1.54) is 0 Å². The lowest BCUT2D eigenvalue weighted by atomic mass is 9.87. The van der Waals surface area contributed by atoms with Crippen LogP contribution < -0.4 is 0 Å². The van der Waals surface area contributed by atoms with Crippen molar-refractivity contribution < 1.29 is 0 Å². The molecule has 0 saturated carbocycles. The smallest absolute Gasteiger partial charge is 0.0781 e. The van der Waals surface area contributed by atoms with Gasteiger partial charge in [-0.3, -0.25) is 4.98 Å². The van der Waals surface area contributed by atoms with Crippen molar-refractivity contribution in [3.8, 4) is 6.07 Å². The second-order valence-electron chi connectivity index (χ2n) is 3.09. The van der Waals surface area contributed by atoms with E-state index in [1.54, 1.807) is 18.5 Å². The van der Waals surface area contributed by atoms with E-state index in [4.69, 9.17) is 16.9 Å². The summed E-state index contributed by atoms with van der Waals surface area (Å²) in [4.78, 5) is 3.85. The molecule has 0 spiro atoms. The summed E-state index contributed by atoms with van der Waals surface area (Å²) in [5.41, 5.74) is 0.279. The Hall–Kier alpha value is -1.07.